The molecule has 20 heavy (non-hydrogen) atoms. The number of alkyl halides is 1. The van der Waals surface area contributed by atoms with Crippen LogP contribution >= 0.6 is 11.6 Å². The predicted octanol–water partition coefficient (Wildman–Crippen LogP) is 5.06. The van der Waals surface area contributed by atoms with Crippen LogP contribution in [-0.4, -0.2) is 9.55 Å². The molecule has 1 unspecified atom stereocenters. The van der Waals surface area contributed by atoms with E-state index in [2.05, 4.69) is 23.4 Å². The Morgan fingerprint density at radius 1 is 1.45 bits per heavy atom. The lowest BCUT2D eigenvalue weighted by Gasteiger charge is -2.36. The fraction of sp³-hybridized carbons (Fsp3) is 0.562. The van der Waals surface area contributed by atoms with Crippen molar-refractivity contribution in [2.24, 2.45) is 5.41 Å². The first-order valence-corrected chi connectivity index (χ1v) is 7.76. The van der Waals surface area contributed by atoms with Gasteiger partial charge in [-0.1, -0.05) is 20.3 Å². The molecule has 1 aromatic carbocycles. The van der Waals surface area contributed by atoms with Crippen molar-refractivity contribution in [3.05, 3.63) is 29.8 Å². The molecular weight excluding hydrogens is 275 g/mol. The second kappa shape index (κ2) is 5.03. The standard InChI is InChI=1S/C16H20ClFN2/c1-16(2)7-3-4-12(9-16)20-14-6-5-11(18)8-13(14)19-15(20)10-17/h5-6,8,12H,3-4,7,9-10H2,1-2H3. The van der Waals surface area contributed by atoms with Crippen LogP contribution in [0.1, 0.15) is 51.4 Å². The second-order valence-electron chi connectivity index (χ2n) is 6.58. The number of aromatic nitrogens is 2. The number of rotatable bonds is 2. The summed E-state index contributed by atoms with van der Waals surface area (Å²) in [5.41, 5.74) is 2.07. The molecule has 1 saturated carbocycles. The molecule has 0 aliphatic heterocycles. The van der Waals surface area contributed by atoms with E-state index < -0.39 is 0 Å². The largest absolute Gasteiger partial charge is 0.324 e. The van der Waals surface area contributed by atoms with E-state index in [9.17, 15) is 4.39 Å². The Balaban J connectivity index is 2.09. The Morgan fingerprint density at radius 3 is 2.95 bits per heavy atom. The molecule has 1 heterocycles. The summed E-state index contributed by atoms with van der Waals surface area (Å²) in [6.45, 7) is 4.64. The highest BCUT2D eigenvalue weighted by molar-refractivity contribution is 6.16. The van der Waals surface area contributed by atoms with Crippen molar-refractivity contribution in [2.75, 3.05) is 0 Å². The predicted molar refractivity (Wildman–Crippen MR) is 80.5 cm³/mol. The Hall–Kier alpha value is -1.09. The molecule has 4 heteroatoms. The van der Waals surface area contributed by atoms with Crippen LogP contribution in [0.2, 0.25) is 0 Å². The van der Waals surface area contributed by atoms with Crippen molar-refractivity contribution < 1.29 is 4.39 Å². The van der Waals surface area contributed by atoms with E-state index in [1.807, 2.05) is 6.07 Å². The molecule has 1 aromatic heterocycles. The molecule has 0 bridgehead atoms. The van der Waals surface area contributed by atoms with Crippen molar-refractivity contribution in [1.82, 2.24) is 9.55 Å². The summed E-state index contributed by atoms with van der Waals surface area (Å²) in [4.78, 5) is 4.51. The van der Waals surface area contributed by atoms with Gasteiger partial charge >= 0.3 is 0 Å². The van der Waals surface area contributed by atoms with Crippen LogP contribution < -0.4 is 0 Å². The third-order valence-corrected chi connectivity index (χ3v) is 4.63. The van der Waals surface area contributed by atoms with Crippen molar-refractivity contribution in [2.45, 2.75) is 51.5 Å². The Morgan fingerprint density at radius 2 is 2.25 bits per heavy atom. The zero-order chi connectivity index (χ0) is 14.3. The lowest BCUT2D eigenvalue weighted by Crippen LogP contribution is -2.25. The minimum Gasteiger partial charge on any atom is -0.324 e. The highest BCUT2D eigenvalue weighted by Gasteiger charge is 2.30. The topological polar surface area (TPSA) is 17.8 Å². The summed E-state index contributed by atoms with van der Waals surface area (Å²) in [7, 11) is 0. The molecule has 1 fully saturated rings. The minimum absolute atomic E-state index is 0.243. The molecule has 3 rings (SSSR count). The second-order valence-corrected chi connectivity index (χ2v) is 6.85. The highest BCUT2D eigenvalue weighted by Crippen LogP contribution is 2.42. The maximum Gasteiger partial charge on any atom is 0.125 e. The van der Waals surface area contributed by atoms with E-state index in [-0.39, 0.29) is 5.82 Å². The van der Waals surface area contributed by atoms with Crippen molar-refractivity contribution >= 4 is 22.6 Å². The molecule has 1 atom stereocenters. The molecule has 0 saturated heterocycles. The van der Waals surface area contributed by atoms with Crippen LogP contribution in [-0.2, 0) is 5.88 Å². The van der Waals surface area contributed by atoms with Gasteiger partial charge in [0.15, 0.2) is 0 Å². The summed E-state index contributed by atoms with van der Waals surface area (Å²) < 4.78 is 15.6. The van der Waals surface area contributed by atoms with Crippen LogP contribution in [0.25, 0.3) is 11.0 Å². The van der Waals surface area contributed by atoms with Gasteiger partial charge in [0.25, 0.3) is 0 Å². The molecule has 1 aliphatic rings. The Labute approximate surface area is 123 Å². The molecule has 0 spiro atoms. The smallest absolute Gasteiger partial charge is 0.125 e. The van der Waals surface area contributed by atoms with Gasteiger partial charge in [0.1, 0.15) is 11.6 Å². The van der Waals surface area contributed by atoms with Crippen molar-refractivity contribution in [1.29, 1.82) is 0 Å². The molecule has 108 valence electrons. The number of halogens is 2. The monoisotopic (exact) mass is 294 g/mol. The molecule has 0 radical (unpaired) electrons. The fourth-order valence-electron chi connectivity index (χ4n) is 3.50. The van der Waals surface area contributed by atoms with E-state index in [1.165, 1.54) is 25.0 Å². The maximum absolute atomic E-state index is 13.4. The summed E-state index contributed by atoms with van der Waals surface area (Å²) >= 11 is 6.06. The summed E-state index contributed by atoms with van der Waals surface area (Å²) in [5, 5.41) is 0. The van der Waals surface area contributed by atoms with Gasteiger partial charge in [-0.2, -0.15) is 0 Å². The molecular formula is C16H20ClFN2. The fourth-order valence-corrected chi connectivity index (χ4v) is 3.69. The van der Waals surface area contributed by atoms with Crippen LogP contribution in [0, 0.1) is 11.2 Å². The molecule has 0 N–H and O–H groups in total. The van der Waals surface area contributed by atoms with Crippen LogP contribution in [0.5, 0.6) is 0 Å². The molecule has 0 amide bonds. The van der Waals surface area contributed by atoms with Crippen LogP contribution in [0.3, 0.4) is 0 Å². The van der Waals surface area contributed by atoms with Gasteiger partial charge in [-0.05, 0) is 36.8 Å². The van der Waals surface area contributed by atoms with Gasteiger partial charge < -0.3 is 4.57 Å². The van der Waals surface area contributed by atoms with Crippen LogP contribution in [0.15, 0.2) is 18.2 Å². The number of benzene rings is 1. The maximum atomic E-state index is 13.4. The molecule has 2 aromatic rings. The van der Waals surface area contributed by atoms with Crippen LogP contribution in [0.4, 0.5) is 4.39 Å². The first kappa shape index (κ1) is 13.9. The van der Waals surface area contributed by atoms with E-state index in [0.717, 1.165) is 24.2 Å². The van der Waals surface area contributed by atoms with E-state index in [4.69, 9.17) is 11.6 Å². The van der Waals surface area contributed by atoms with E-state index in [1.54, 1.807) is 0 Å². The first-order valence-electron chi connectivity index (χ1n) is 7.22. The highest BCUT2D eigenvalue weighted by atomic mass is 35.5. The van der Waals surface area contributed by atoms with Gasteiger partial charge in [-0.3, -0.25) is 0 Å². The van der Waals surface area contributed by atoms with E-state index in [0.29, 0.717) is 22.9 Å². The van der Waals surface area contributed by atoms with E-state index >= 15 is 0 Å². The first-order chi connectivity index (χ1) is 9.50. The van der Waals surface area contributed by atoms with Gasteiger partial charge in [0.2, 0.25) is 0 Å². The van der Waals surface area contributed by atoms with Gasteiger partial charge in [-0.25, -0.2) is 9.37 Å². The SMILES string of the molecule is CC1(C)CCCC(n2c(CCl)nc3cc(F)ccc32)C1. The lowest BCUT2D eigenvalue weighted by atomic mass is 9.75. The lowest BCUT2D eigenvalue weighted by molar-refractivity contribution is 0.184. The summed E-state index contributed by atoms with van der Waals surface area (Å²) in [6, 6.07) is 5.25. The number of nitrogens with zero attached hydrogens (tertiary/aromatic N) is 2. The molecule has 1 aliphatic carbocycles. The quantitative estimate of drug-likeness (QED) is 0.708. The zero-order valence-electron chi connectivity index (χ0n) is 12.0. The number of imidazole rings is 1. The number of fused-ring (bicyclic) bond motifs is 1. The summed E-state index contributed by atoms with van der Waals surface area (Å²) in [5.74, 6) is 0.981. The zero-order valence-corrected chi connectivity index (χ0v) is 12.8. The Kier molecular flexibility index (Phi) is 3.49. The average molecular weight is 295 g/mol. The Bertz CT molecular complexity index is 633. The van der Waals surface area contributed by atoms with Crippen molar-refractivity contribution in [3.8, 4) is 0 Å². The summed E-state index contributed by atoms with van der Waals surface area (Å²) in [6.07, 6.45) is 4.76. The van der Waals surface area contributed by atoms with Gasteiger partial charge in [-0.15, -0.1) is 11.6 Å². The third-order valence-electron chi connectivity index (χ3n) is 4.39. The normalized spacial score (nSPS) is 22.3. The van der Waals surface area contributed by atoms with Gasteiger partial charge in [0, 0.05) is 12.1 Å². The third kappa shape index (κ3) is 2.44. The number of hydrogen-bond acceptors (Lipinski definition) is 1. The minimum atomic E-state index is -0.243. The van der Waals surface area contributed by atoms with Crippen molar-refractivity contribution in [3.63, 3.8) is 0 Å². The number of hydrogen-bond donors (Lipinski definition) is 0. The molecule has 2 nitrogen and oxygen atoms in total. The van der Waals surface area contributed by atoms with Gasteiger partial charge in [0.05, 0.1) is 16.9 Å². The average Bonchev–Trinajstić information content (AvgIpc) is 2.74.